The quantitative estimate of drug-likeness (QED) is 0.820. The number of aryl methyl sites for hydroxylation is 1. The van der Waals surface area contributed by atoms with Crippen LogP contribution in [0.3, 0.4) is 0 Å². The Morgan fingerprint density at radius 2 is 2.18 bits per heavy atom. The topological polar surface area (TPSA) is 95.6 Å². The zero-order valence-electron chi connectivity index (χ0n) is 9.45. The Morgan fingerprint density at radius 1 is 1.41 bits per heavy atom. The van der Waals surface area contributed by atoms with Crippen LogP contribution in [0.4, 0.5) is 0 Å². The van der Waals surface area contributed by atoms with E-state index in [1.165, 1.54) is 11.8 Å². The first kappa shape index (κ1) is 13.9. The van der Waals surface area contributed by atoms with Crippen LogP contribution in [0.15, 0.2) is 9.68 Å². The van der Waals surface area contributed by atoms with Gasteiger partial charge in [0.2, 0.25) is 5.89 Å². The monoisotopic (exact) mass is 276 g/mol. The molecule has 2 aromatic rings. The van der Waals surface area contributed by atoms with Gasteiger partial charge < -0.3 is 14.8 Å². The van der Waals surface area contributed by atoms with Crippen LogP contribution in [-0.2, 0) is 19.3 Å². The Bertz CT molecular complexity index is 484. The third kappa shape index (κ3) is 3.18. The SMILES string of the molecule is Cc1noc(CSc2nnc(CN)n2C)n1.Cl. The van der Waals surface area contributed by atoms with E-state index in [0.717, 1.165) is 11.0 Å². The van der Waals surface area contributed by atoms with Crippen molar-refractivity contribution in [3.8, 4) is 0 Å². The van der Waals surface area contributed by atoms with Gasteiger partial charge in [-0.25, -0.2) is 0 Å². The van der Waals surface area contributed by atoms with E-state index in [0.29, 0.717) is 24.0 Å². The molecule has 94 valence electrons. The van der Waals surface area contributed by atoms with Gasteiger partial charge in [-0.2, -0.15) is 4.98 Å². The van der Waals surface area contributed by atoms with Gasteiger partial charge in [0.25, 0.3) is 0 Å². The lowest BCUT2D eigenvalue weighted by atomic mass is 10.6. The highest BCUT2D eigenvalue weighted by Gasteiger charge is 2.10. The van der Waals surface area contributed by atoms with Gasteiger partial charge >= 0.3 is 0 Å². The van der Waals surface area contributed by atoms with Crippen molar-refractivity contribution in [1.82, 2.24) is 24.9 Å². The molecule has 0 radical (unpaired) electrons. The highest BCUT2D eigenvalue weighted by atomic mass is 35.5. The Balaban J connectivity index is 0.00000144. The van der Waals surface area contributed by atoms with E-state index < -0.39 is 0 Å². The van der Waals surface area contributed by atoms with E-state index >= 15 is 0 Å². The lowest BCUT2D eigenvalue weighted by Gasteiger charge is -1.99. The molecule has 0 unspecified atom stereocenters. The first-order chi connectivity index (χ1) is 7.70. The highest BCUT2D eigenvalue weighted by Crippen LogP contribution is 2.19. The van der Waals surface area contributed by atoms with Gasteiger partial charge in [0.05, 0.1) is 12.3 Å². The van der Waals surface area contributed by atoms with Crippen molar-refractivity contribution in [2.45, 2.75) is 24.4 Å². The summed E-state index contributed by atoms with van der Waals surface area (Å²) in [5.74, 6) is 2.55. The molecule has 0 aliphatic carbocycles. The van der Waals surface area contributed by atoms with Gasteiger partial charge in [-0.05, 0) is 6.92 Å². The van der Waals surface area contributed by atoms with Crippen molar-refractivity contribution < 1.29 is 4.52 Å². The summed E-state index contributed by atoms with van der Waals surface area (Å²) in [6, 6.07) is 0. The Hall–Kier alpha value is -1.12. The molecule has 0 spiro atoms. The predicted octanol–water partition coefficient (Wildman–Crippen LogP) is 0.679. The minimum atomic E-state index is 0. The largest absolute Gasteiger partial charge is 0.338 e. The van der Waals surface area contributed by atoms with Gasteiger partial charge in [0.1, 0.15) is 5.82 Å². The molecule has 0 saturated carbocycles. The minimum absolute atomic E-state index is 0. The molecule has 9 heteroatoms. The molecule has 0 fully saturated rings. The van der Waals surface area contributed by atoms with Crippen LogP contribution in [0.5, 0.6) is 0 Å². The average Bonchev–Trinajstić information content (AvgIpc) is 2.83. The summed E-state index contributed by atoms with van der Waals surface area (Å²) in [5, 5.41) is 12.5. The molecule has 2 rings (SSSR count). The zero-order chi connectivity index (χ0) is 11.5. The van der Waals surface area contributed by atoms with Gasteiger partial charge in [-0.3, -0.25) is 0 Å². The van der Waals surface area contributed by atoms with E-state index in [4.69, 9.17) is 10.3 Å². The summed E-state index contributed by atoms with van der Waals surface area (Å²) in [6.45, 7) is 2.16. The third-order valence-electron chi connectivity index (χ3n) is 2.00. The van der Waals surface area contributed by atoms with Crippen LogP contribution in [0.2, 0.25) is 0 Å². The van der Waals surface area contributed by atoms with E-state index in [2.05, 4.69) is 20.3 Å². The Labute approximate surface area is 109 Å². The van der Waals surface area contributed by atoms with Crippen molar-refractivity contribution in [2.24, 2.45) is 12.8 Å². The van der Waals surface area contributed by atoms with Crippen LogP contribution in [-0.4, -0.2) is 24.9 Å². The van der Waals surface area contributed by atoms with Crippen molar-refractivity contribution >= 4 is 24.2 Å². The molecule has 7 nitrogen and oxygen atoms in total. The highest BCUT2D eigenvalue weighted by molar-refractivity contribution is 7.98. The summed E-state index contributed by atoms with van der Waals surface area (Å²) in [6.07, 6.45) is 0. The third-order valence-corrected chi connectivity index (χ3v) is 3.01. The maximum Gasteiger partial charge on any atom is 0.237 e. The first-order valence-corrected chi connectivity index (χ1v) is 5.69. The fourth-order valence-electron chi connectivity index (χ4n) is 1.17. The lowest BCUT2D eigenvalue weighted by Crippen LogP contribution is -2.05. The molecule has 2 N–H and O–H groups in total. The average molecular weight is 277 g/mol. The molecular weight excluding hydrogens is 264 g/mol. The molecule has 2 aromatic heterocycles. The minimum Gasteiger partial charge on any atom is -0.338 e. The van der Waals surface area contributed by atoms with Crippen molar-refractivity contribution in [2.75, 3.05) is 0 Å². The molecule has 17 heavy (non-hydrogen) atoms. The number of rotatable bonds is 4. The molecule has 0 aliphatic heterocycles. The summed E-state index contributed by atoms with van der Waals surface area (Å²) in [7, 11) is 1.88. The molecule has 2 heterocycles. The van der Waals surface area contributed by atoms with Gasteiger partial charge in [-0.15, -0.1) is 22.6 Å². The molecule has 0 bridgehead atoms. The Kier molecular flexibility index (Phi) is 4.91. The fraction of sp³-hybridized carbons (Fsp3) is 0.500. The van der Waals surface area contributed by atoms with Crippen LogP contribution >= 0.6 is 24.2 Å². The van der Waals surface area contributed by atoms with Crippen molar-refractivity contribution in [3.63, 3.8) is 0 Å². The normalized spacial score (nSPS) is 10.3. The fourth-order valence-corrected chi connectivity index (χ4v) is 1.94. The molecule has 0 aromatic carbocycles. The van der Waals surface area contributed by atoms with Gasteiger partial charge in [0, 0.05) is 7.05 Å². The maximum atomic E-state index is 5.50. The van der Waals surface area contributed by atoms with Gasteiger partial charge in [-0.1, -0.05) is 16.9 Å². The molecule has 0 saturated heterocycles. The number of halogens is 1. The first-order valence-electron chi connectivity index (χ1n) is 4.71. The number of hydrogen-bond donors (Lipinski definition) is 1. The van der Waals surface area contributed by atoms with E-state index in [-0.39, 0.29) is 12.4 Å². The van der Waals surface area contributed by atoms with Crippen LogP contribution in [0.25, 0.3) is 0 Å². The second kappa shape index (κ2) is 5.99. The summed E-state index contributed by atoms with van der Waals surface area (Å²) >= 11 is 1.49. The van der Waals surface area contributed by atoms with E-state index in [1.807, 2.05) is 11.6 Å². The summed E-state index contributed by atoms with van der Waals surface area (Å²) in [4.78, 5) is 4.10. The molecule has 0 amide bonds. The maximum absolute atomic E-state index is 5.50. The number of nitrogens with zero attached hydrogens (tertiary/aromatic N) is 5. The standard InChI is InChI=1S/C8H12N6OS.ClH/c1-5-10-7(15-13-5)4-16-8-12-11-6(3-9)14(8)2;/h3-4,9H2,1-2H3;1H. The molecular formula is C8H13ClN6OS. The number of nitrogens with two attached hydrogens (primary N) is 1. The van der Waals surface area contributed by atoms with E-state index in [1.54, 1.807) is 6.92 Å². The summed E-state index contributed by atoms with van der Waals surface area (Å²) in [5.41, 5.74) is 5.50. The van der Waals surface area contributed by atoms with Crippen LogP contribution in [0.1, 0.15) is 17.5 Å². The number of aromatic nitrogens is 5. The molecule has 0 atom stereocenters. The van der Waals surface area contributed by atoms with Crippen molar-refractivity contribution in [1.29, 1.82) is 0 Å². The Morgan fingerprint density at radius 3 is 2.71 bits per heavy atom. The van der Waals surface area contributed by atoms with Crippen LogP contribution < -0.4 is 5.73 Å². The smallest absolute Gasteiger partial charge is 0.237 e. The summed E-state index contributed by atoms with van der Waals surface area (Å²) < 4.78 is 6.85. The van der Waals surface area contributed by atoms with Crippen LogP contribution in [0, 0.1) is 6.92 Å². The second-order valence-corrected chi connectivity index (χ2v) is 4.13. The van der Waals surface area contributed by atoms with Gasteiger partial charge in [0.15, 0.2) is 11.0 Å². The van der Waals surface area contributed by atoms with E-state index in [9.17, 15) is 0 Å². The number of hydrogen-bond acceptors (Lipinski definition) is 7. The molecule has 0 aliphatic rings. The van der Waals surface area contributed by atoms with Crippen molar-refractivity contribution in [3.05, 3.63) is 17.5 Å². The second-order valence-electron chi connectivity index (χ2n) is 3.19. The predicted molar refractivity (Wildman–Crippen MR) is 64.7 cm³/mol. The lowest BCUT2D eigenvalue weighted by molar-refractivity contribution is 0.387. The zero-order valence-corrected chi connectivity index (χ0v) is 11.1. The number of thioether (sulfide) groups is 1.